The Morgan fingerprint density at radius 2 is 1.53 bits per heavy atom. The first-order chi connectivity index (χ1) is 7.93. The number of phenolic OH excluding ortho intramolecular Hbond substituents is 2. The van der Waals surface area contributed by atoms with Crippen molar-refractivity contribution < 1.29 is 29.3 Å². The van der Waals surface area contributed by atoms with Gasteiger partial charge < -0.3 is 19.7 Å². The molecule has 0 heterocycles. The largest absolute Gasteiger partial charge is 0.507 e. The normalized spacial score (nSPS) is 9.82. The summed E-state index contributed by atoms with van der Waals surface area (Å²) in [5, 5.41) is 19.3. The minimum absolute atomic E-state index is 0.175. The van der Waals surface area contributed by atoms with Crippen LogP contribution in [0.1, 0.15) is 26.3 Å². The third-order valence-corrected chi connectivity index (χ3v) is 2.26. The lowest BCUT2D eigenvalue weighted by Crippen LogP contribution is -2.09. The van der Waals surface area contributed by atoms with E-state index in [1.807, 2.05) is 0 Å². The molecule has 0 saturated carbocycles. The number of aromatic hydroxyl groups is 2. The monoisotopic (exact) mass is 240 g/mol. The van der Waals surface area contributed by atoms with Crippen molar-refractivity contribution in [2.75, 3.05) is 14.2 Å². The molecule has 17 heavy (non-hydrogen) atoms. The summed E-state index contributed by atoms with van der Waals surface area (Å²) in [5.41, 5.74) is -0.344. The Balaban J connectivity index is 3.54. The molecule has 0 fully saturated rings. The fraction of sp³-hybridized carbons (Fsp3) is 0.273. The van der Waals surface area contributed by atoms with Gasteiger partial charge >= 0.3 is 11.9 Å². The van der Waals surface area contributed by atoms with E-state index in [0.717, 1.165) is 14.2 Å². The van der Waals surface area contributed by atoms with E-state index in [1.165, 1.54) is 13.0 Å². The van der Waals surface area contributed by atoms with Gasteiger partial charge in [0.1, 0.15) is 22.6 Å². The predicted molar refractivity (Wildman–Crippen MR) is 57.2 cm³/mol. The number of hydrogen-bond acceptors (Lipinski definition) is 6. The van der Waals surface area contributed by atoms with Gasteiger partial charge in [0.25, 0.3) is 0 Å². The van der Waals surface area contributed by atoms with Gasteiger partial charge in [-0.3, -0.25) is 0 Å². The number of esters is 2. The standard InChI is InChI=1S/C11H12O6/c1-5-4-6(12)8(11(15)17-3)9(13)7(5)10(14)16-2/h4,12-13H,1-3H3. The number of methoxy groups -OCH3 is 2. The number of carbonyl (C=O) groups is 2. The third-order valence-electron chi connectivity index (χ3n) is 2.26. The lowest BCUT2D eigenvalue weighted by Gasteiger charge is -2.11. The molecule has 0 aliphatic carbocycles. The van der Waals surface area contributed by atoms with Crippen LogP contribution in [0.3, 0.4) is 0 Å². The first-order valence-electron chi connectivity index (χ1n) is 4.66. The summed E-state index contributed by atoms with van der Waals surface area (Å²) in [6.45, 7) is 1.49. The van der Waals surface area contributed by atoms with Crippen LogP contribution in [0.15, 0.2) is 6.07 Å². The molecule has 0 aliphatic heterocycles. The number of benzene rings is 1. The number of ether oxygens (including phenoxy) is 2. The second-order valence-corrected chi connectivity index (χ2v) is 3.29. The molecule has 0 aliphatic rings. The summed E-state index contributed by atoms with van der Waals surface area (Å²) in [7, 11) is 2.24. The van der Waals surface area contributed by atoms with Crippen LogP contribution < -0.4 is 0 Å². The van der Waals surface area contributed by atoms with E-state index >= 15 is 0 Å². The zero-order valence-electron chi connectivity index (χ0n) is 9.60. The van der Waals surface area contributed by atoms with Crippen LogP contribution in [0.5, 0.6) is 11.5 Å². The Bertz CT molecular complexity index is 437. The van der Waals surface area contributed by atoms with Gasteiger partial charge in [0.05, 0.1) is 14.2 Å². The molecule has 6 nitrogen and oxygen atoms in total. The number of aryl methyl sites for hydroxylation is 1. The number of rotatable bonds is 2. The average Bonchev–Trinajstić information content (AvgIpc) is 2.27. The van der Waals surface area contributed by atoms with E-state index < -0.39 is 29.0 Å². The minimum Gasteiger partial charge on any atom is -0.507 e. The second-order valence-electron chi connectivity index (χ2n) is 3.29. The van der Waals surface area contributed by atoms with Crippen molar-refractivity contribution in [3.63, 3.8) is 0 Å². The van der Waals surface area contributed by atoms with Crippen LogP contribution in [0.25, 0.3) is 0 Å². The summed E-state index contributed by atoms with van der Waals surface area (Å²) in [6.07, 6.45) is 0. The summed E-state index contributed by atoms with van der Waals surface area (Å²) in [4.78, 5) is 22.7. The van der Waals surface area contributed by atoms with Crippen LogP contribution in [-0.2, 0) is 9.47 Å². The molecule has 0 spiro atoms. The SMILES string of the molecule is COC(=O)c1c(C)cc(O)c(C(=O)OC)c1O. The highest BCUT2D eigenvalue weighted by molar-refractivity contribution is 6.02. The zero-order valence-corrected chi connectivity index (χ0v) is 9.60. The van der Waals surface area contributed by atoms with Gasteiger partial charge in [-0.1, -0.05) is 0 Å². The topological polar surface area (TPSA) is 93.1 Å². The number of hydrogen-bond donors (Lipinski definition) is 2. The maximum atomic E-state index is 11.4. The van der Waals surface area contributed by atoms with E-state index in [-0.39, 0.29) is 5.56 Å². The summed E-state index contributed by atoms with van der Waals surface area (Å²) >= 11 is 0. The highest BCUT2D eigenvalue weighted by Gasteiger charge is 2.25. The van der Waals surface area contributed by atoms with Crippen LogP contribution in [0.4, 0.5) is 0 Å². The lowest BCUT2D eigenvalue weighted by atomic mass is 10.0. The molecule has 6 heteroatoms. The van der Waals surface area contributed by atoms with E-state index in [1.54, 1.807) is 0 Å². The summed E-state index contributed by atoms with van der Waals surface area (Å²) in [6, 6.07) is 1.18. The fourth-order valence-electron chi connectivity index (χ4n) is 1.45. The van der Waals surface area contributed by atoms with E-state index in [0.29, 0.717) is 5.56 Å². The summed E-state index contributed by atoms with van der Waals surface area (Å²) in [5.74, 6) is -2.85. The van der Waals surface area contributed by atoms with Crippen molar-refractivity contribution in [1.82, 2.24) is 0 Å². The van der Waals surface area contributed by atoms with Gasteiger partial charge in [0, 0.05) is 0 Å². The quantitative estimate of drug-likeness (QED) is 0.748. The molecule has 92 valence electrons. The molecule has 0 saturated heterocycles. The minimum atomic E-state index is -0.940. The highest BCUT2D eigenvalue weighted by atomic mass is 16.5. The van der Waals surface area contributed by atoms with Gasteiger partial charge in [0.2, 0.25) is 0 Å². The van der Waals surface area contributed by atoms with Crippen LogP contribution in [0, 0.1) is 6.92 Å². The molecule has 0 aromatic heterocycles. The maximum Gasteiger partial charge on any atom is 0.345 e. The van der Waals surface area contributed by atoms with Crippen LogP contribution in [-0.4, -0.2) is 36.4 Å². The first-order valence-corrected chi connectivity index (χ1v) is 4.66. The Hall–Kier alpha value is -2.24. The van der Waals surface area contributed by atoms with Crippen molar-refractivity contribution in [2.24, 2.45) is 0 Å². The van der Waals surface area contributed by atoms with Crippen LogP contribution >= 0.6 is 0 Å². The van der Waals surface area contributed by atoms with E-state index in [4.69, 9.17) is 0 Å². The molecule has 0 radical (unpaired) electrons. The van der Waals surface area contributed by atoms with Gasteiger partial charge in [-0.2, -0.15) is 0 Å². The first kappa shape index (κ1) is 12.8. The Labute approximate surface area is 97.4 Å². The Morgan fingerprint density at radius 3 is 2.00 bits per heavy atom. The number of phenols is 2. The average molecular weight is 240 g/mol. The number of carbonyl (C=O) groups excluding carboxylic acids is 2. The Kier molecular flexibility index (Phi) is 3.57. The predicted octanol–water partition coefficient (Wildman–Crippen LogP) is 0.979. The smallest absolute Gasteiger partial charge is 0.345 e. The summed E-state index contributed by atoms with van der Waals surface area (Å²) < 4.78 is 8.87. The second kappa shape index (κ2) is 4.73. The van der Waals surface area contributed by atoms with Crippen molar-refractivity contribution in [2.45, 2.75) is 6.92 Å². The van der Waals surface area contributed by atoms with Crippen molar-refractivity contribution in [3.8, 4) is 11.5 Å². The van der Waals surface area contributed by atoms with E-state index in [2.05, 4.69) is 9.47 Å². The molecule has 2 N–H and O–H groups in total. The molecule has 0 bridgehead atoms. The van der Waals surface area contributed by atoms with E-state index in [9.17, 15) is 19.8 Å². The third kappa shape index (κ3) is 2.15. The zero-order chi connectivity index (χ0) is 13.2. The van der Waals surface area contributed by atoms with Gasteiger partial charge in [-0.15, -0.1) is 0 Å². The highest BCUT2D eigenvalue weighted by Crippen LogP contribution is 2.34. The molecular formula is C11H12O6. The molecule has 0 amide bonds. The molecule has 1 rings (SSSR count). The Morgan fingerprint density at radius 1 is 1.06 bits per heavy atom. The van der Waals surface area contributed by atoms with Crippen molar-refractivity contribution in [3.05, 3.63) is 22.8 Å². The molecule has 1 aromatic carbocycles. The van der Waals surface area contributed by atoms with Crippen molar-refractivity contribution in [1.29, 1.82) is 0 Å². The van der Waals surface area contributed by atoms with Gasteiger partial charge in [-0.05, 0) is 18.6 Å². The molecule has 0 atom stereocenters. The lowest BCUT2D eigenvalue weighted by molar-refractivity contribution is 0.0590. The molecule has 0 unspecified atom stereocenters. The van der Waals surface area contributed by atoms with Gasteiger partial charge in [-0.25, -0.2) is 9.59 Å². The van der Waals surface area contributed by atoms with Crippen molar-refractivity contribution >= 4 is 11.9 Å². The fourth-order valence-corrected chi connectivity index (χ4v) is 1.45. The van der Waals surface area contributed by atoms with Crippen LogP contribution in [0.2, 0.25) is 0 Å². The maximum absolute atomic E-state index is 11.4. The molecule has 1 aromatic rings. The van der Waals surface area contributed by atoms with Gasteiger partial charge in [0.15, 0.2) is 0 Å². The molecular weight excluding hydrogens is 228 g/mol.